The zero-order valence-electron chi connectivity index (χ0n) is 22.9. The Labute approximate surface area is 223 Å². The lowest BCUT2D eigenvalue weighted by Gasteiger charge is -2.26. The molecule has 0 radical (unpaired) electrons. The Kier molecular flexibility index (Phi) is 7.97. The van der Waals surface area contributed by atoms with Crippen molar-refractivity contribution < 1.29 is 9.53 Å². The molecule has 198 valence electrons. The molecular weight excluding hydrogens is 478 g/mol. The number of carbonyl (C=O) groups is 1. The van der Waals surface area contributed by atoms with Gasteiger partial charge in [-0.25, -0.2) is 9.97 Å². The fraction of sp³-hybridized carbons (Fsp3) is 0.276. The number of anilines is 4. The number of ether oxygens (including phenoxy) is 1. The molecule has 4 aromatic rings. The quantitative estimate of drug-likeness (QED) is 0.294. The fourth-order valence-corrected chi connectivity index (χ4v) is 4.35. The number of methoxy groups -OCH3 is 1. The molecule has 0 bridgehead atoms. The van der Waals surface area contributed by atoms with E-state index in [2.05, 4.69) is 67.9 Å². The Morgan fingerprint density at radius 3 is 2.63 bits per heavy atom. The van der Waals surface area contributed by atoms with Gasteiger partial charge in [0, 0.05) is 62.1 Å². The first-order valence-corrected chi connectivity index (χ1v) is 12.4. The van der Waals surface area contributed by atoms with Crippen LogP contribution in [0.15, 0.2) is 61.4 Å². The van der Waals surface area contributed by atoms with Crippen molar-refractivity contribution >= 4 is 39.8 Å². The van der Waals surface area contributed by atoms with Crippen LogP contribution >= 0.6 is 0 Å². The van der Waals surface area contributed by atoms with Crippen molar-refractivity contribution in [2.75, 3.05) is 56.9 Å². The average molecular weight is 514 g/mol. The van der Waals surface area contributed by atoms with Crippen molar-refractivity contribution in [1.82, 2.24) is 19.4 Å². The largest absolute Gasteiger partial charge is 0.494 e. The number of amides is 1. The predicted molar refractivity (Wildman–Crippen MR) is 156 cm³/mol. The monoisotopic (exact) mass is 513 g/mol. The Hall–Kier alpha value is -4.37. The predicted octanol–water partition coefficient (Wildman–Crippen LogP) is 4.82. The SMILES string of the molecule is C=CC(=O)Nc1cc(Nc2nccc(-c3ccc4c(c3)c(C)cn4C)n2)c(OC)cc1N(C)CCN(C)C. The van der Waals surface area contributed by atoms with Crippen LogP contribution in [0.5, 0.6) is 5.75 Å². The maximum atomic E-state index is 12.2. The number of hydrogen-bond donors (Lipinski definition) is 2. The highest BCUT2D eigenvalue weighted by Crippen LogP contribution is 2.38. The second-order valence-electron chi connectivity index (χ2n) is 9.53. The fourth-order valence-electron chi connectivity index (χ4n) is 4.35. The summed E-state index contributed by atoms with van der Waals surface area (Å²) in [5.41, 5.74) is 6.27. The lowest BCUT2D eigenvalue weighted by molar-refractivity contribution is -0.111. The highest BCUT2D eigenvalue weighted by molar-refractivity contribution is 6.02. The summed E-state index contributed by atoms with van der Waals surface area (Å²) in [6.45, 7) is 7.30. The minimum atomic E-state index is -0.298. The van der Waals surface area contributed by atoms with Gasteiger partial charge in [-0.05, 0) is 56.9 Å². The van der Waals surface area contributed by atoms with E-state index in [1.807, 2.05) is 46.4 Å². The van der Waals surface area contributed by atoms with Gasteiger partial charge >= 0.3 is 0 Å². The maximum absolute atomic E-state index is 12.2. The van der Waals surface area contributed by atoms with Crippen LogP contribution in [-0.2, 0) is 11.8 Å². The number of benzene rings is 2. The molecule has 2 aromatic carbocycles. The molecule has 0 aliphatic heterocycles. The normalized spacial score (nSPS) is 11.0. The van der Waals surface area contributed by atoms with E-state index in [1.54, 1.807) is 13.3 Å². The maximum Gasteiger partial charge on any atom is 0.247 e. The van der Waals surface area contributed by atoms with Gasteiger partial charge in [0.1, 0.15) is 5.75 Å². The third kappa shape index (κ3) is 5.78. The second-order valence-corrected chi connectivity index (χ2v) is 9.53. The van der Waals surface area contributed by atoms with E-state index >= 15 is 0 Å². The molecular formula is C29H35N7O2. The molecule has 0 aliphatic rings. The molecule has 9 nitrogen and oxygen atoms in total. The Morgan fingerprint density at radius 1 is 1.13 bits per heavy atom. The van der Waals surface area contributed by atoms with Crippen LogP contribution in [0, 0.1) is 6.92 Å². The van der Waals surface area contributed by atoms with Crippen molar-refractivity contribution in [3.63, 3.8) is 0 Å². The van der Waals surface area contributed by atoms with Gasteiger partial charge in [-0.15, -0.1) is 0 Å². The number of likely N-dealkylation sites (N-methyl/N-ethyl adjacent to an activating group) is 2. The van der Waals surface area contributed by atoms with Crippen molar-refractivity contribution in [3.8, 4) is 17.0 Å². The molecule has 2 aromatic heterocycles. The molecule has 1 amide bonds. The van der Waals surface area contributed by atoms with Crippen molar-refractivity contribution in [2.24, 2.45) is 7.05 Å². The smallest absolute Gasteiger partial charge is 0.247 e. The first-order valence-electron chi connectivity index (χ1n) is 12.4. The van der Waals surface area contributed by atoms with E-state index in [9.17, 15) is 4.79 Å². The van der Waals surface area contributed by atoms with E-state index < -0.39 is 0 Å². The number of fused-ring (bicyclic) bond motifs is 1. The molecule has 0 unspecified atom stereocenters. The van der Waals surface area contributed by atoms with Gasteiger partial charge in [0.05, 0.1) is 29.9 Å². The van der Waals surface area contributed by atoms with Crippen LogP contribution in [0.1, 0.15) is 5.56 Å². The summed E-state index contributed by atoms with van der Waals surface area (Å²) in [6, 6.07) is 11.9. The molecule has 0 atom stereocenters. The molecule has 0 aliphatic carbocycles. The van der Waals surface area contributed by atoms with E-state index in [0.717, 1.165) is 30.0 Å². The summed E-state index contributed by atoms with van der Waals surface area (Å²) in [5, 5.41) is 7.39. The summed E-state index contributed by atoms with van der Waals surface area (Å²) < 4.78 is 7.83. The van der Waals surface area contributed by atoms with Gasteiger partial charge in [0.15, 0.2) is 0 Å². The van der Waals surface area contributed by atoms with Gasteiger partial charge in [-0.3, -0.25) is 4.79 Å². The van der Waals surface area contributed by atoms with Crippen molar-refractivity contribution in [3.05, 3.63) is 67.0 Å². The van der Waals surface area contributed by atoms with Gasteiger partial charge in [-0.1, -0.05) is 12.6 Å². The van der Waals surface area contributed by atoms with Crippen LogP contribution < -0.4 is 20.3 Å². The van der Waals surface area contributed by atoms with E-state index in [0.29, 0.717) is 23.1 Å². The highest BCUT2D eigenvalue weighted by atomic mass is 16.5. The molecule has 2 N–H and O–H groups in total. The first-order chi connectivity index (χ1) is 18.2. The number of nitrogens with one attached hydrogen (secondary N) is 2. The molecule has 9 heteroatoms. The third-order valence-corrected chi connectivity index (χ3v) is 6.44. The lowest BCUT2D eigenvalue weighted by atomic mass is 10.1. The van der Waals surface area contributed by atoms with Crippen LogP contribution in [-0.4, -0.2) is 66.7 Å². The first kappa shape index (κ1) is 26.7. The Balaban J connectivity index is 1.69. The van der Waals surface area contributed by atoms with Crippen LogP contribution in [0.2, 0.25) is 0 Å². The number of hydrogen-bond acceptors (Lipinski definition) is 7. The third-order valence-electron chi connectivity index (χ3n) is 6.44. The van der Waals surface area contributed by atoms with E-state index in [4.69, 9.17) is 9.72 Å². The van der Waals surface area contributed by atoms with Gasteiger partial charge < -0.3 is 29.7 Å². The zero-order valence-corrected chi connectivity index (χ0v) is 22.9. The number of aromatic nitrogens is 3. The number of aryl methyl sites for hydroxylation is 2. The minimum Gasteiger partial charge on any atom is -0.494 e. The standard InChI is InChI=1S/C29H35N7O2/c1-8-28(37)31-23-16-24(27(38-7)17-26(23)35(5)14-13-34(3)4)33-29-30-12-11-22(32-29)20-9-10-25-21(15-20)19(2)18-36(25)6/h8-12,15-18H,1,13-14H2,2-7H3,(H,31,37)(H,30,32,33). The summed E-state index contributed by atoms with van der Waals surface area (Å²) in [7, 11) is 9.68. The second kappa shape index (κ2) is 11.4. The van der Waals surface area contributed by atoms with Crippen LogP contribution in [0.25, 0.3) is 22.2 Å². The van der Waals surface area contributed by atoms with Crippen molar-refractivity contribution in [2.45, 2.75) is 6.92 Å². The van der Waals surface area contributed by atoms with Gasteiger partial charge in [0.2, 0.25) is 11.9 Å². The van der Waals surface area contributed by atoms with Crippen molar-refractivity contribution in [1.29, 1.82) is 0 Å². The molecule has 0 fully saturated rings. The Morgan fingerprint density at radius 2 is 1.92 bits per heavy atom. The summed E-state index contributed by atoms with van der Waals surface area (Å²) >= 11 is 0. The Bertz CT molecular complexity index is 1480. The minimum absolute atomic E-state index is 0.298. The van der Waals surface area contributed by atoms with Crippen LogP contribution in [0.4, 0.5) is 23.0 Å². The summed E-state index contributed by atoms with van der Waals surface area (Å²) in [4.78, 5) is 25.6. The summed E-state index contributed by atoms with van der Waals surface area (Å²) in [5.74, 6) is 0.720. The molecule has 38 heavy (non-hydrogen) atoms. The zero-order chi connectivity index (χ0) is 27.4. The lowest BCUT2D eigenvalue weighted by Crippen LogP contribution is -2.29. The molecule has 0 saturated carbocycles. The number of nitrogens with zero attached hydrogens (tertiary/aromatic N) is 5. The molecule has 0 spiro atoms. The number of rotatable bonds is 10. The summed E-state index contributed by atoms with van der Waals surface area (Å²) in [6.07, 6.45) is 5.10. The topological polar surface area (TPSA) is 87.5 Å². The average Bonchev–Trinajstić information content (AvgIpc) is 3.19. The van der Waals surface area contributed by atoms with Gasteiger partial charge in [0.25, 0.3) is 0 Å². The number of carbonyl (C=O) groups excluding carboxylic acids is 1. The highest BCUT2D eigenvalue weighted by Gasteiger charge is 2.17. The molecule has 2 heterocycles. The molecule has 0 saturated heterocycles. The van der Waals surface area contributed by atoms with Gasteiger partial charge in [-0.2, -0.15) is 0 Å². The van der Waals surface area contributed by atoms with E-state index in [-0.39, 0.29) is 5.91 Å². The molecule has 4 rings (SSSR count). The van der Waals surface area contributed by atoms with E-state index in [1.165, 1.54) is 22.5 Å². The van der Waals surface area contributed by atoms with Crippen LogP contribution in [0.3, 0.4) is 0 Å².